The highest BCUT2D eigenvalue weighted by molar-refractivity contribution is 5.08. The Morgan fingerprint density at radius 1 is 1.47 bits per heavy atom. The van der Waals surface area contributed by atoms with Gasteiger partial charge >= 0.3 is 6.36 Å². The second-order valence-electron chi connectivity index (χ2n) is 3.49. The van der Waals surface area contributed by atoms with Crippen LogP contribution in [-0.4, -0.2) is 22.7 Å². The Kier molecular flexibility index (Phi) is 3.73. The second kappa shape index (κ2) is 4.65. The summed E-state index contributed by atoms with van der Waals surface area (Å²) in [5.74, 6) is 0.322. The smallest absolute Gasteiger partial charge is 0.290 e. The summed E-state index contributed by atoms with van der Waals surface area (Å²) in [5.41, 5.74) is 1.00. The summed E-state index contributed by atoms with van der Waals surface area (Å²) in [4.78, 5) is 0. The fourth-order valence-electron chi connectivity index (χ4n) is 1.05. The summed E-state index contributed by atoms with van der Waals surface area (Å²) in [7, 11) is 0. The zero-order valence-corrected chi connectivity index (χ0v) is 8.58. The maximum Gasteiger partial charge on any atom is 0.522 e. The summed E-state index contributed by atoms with van der Waals surface area (Å²) in [6.45, 7) is 3.68. The molecule has 1 aromatic rings. The molecule has 0 fully saturated rings. The van der Waals surface area contributed by atoms with E-state index in [4.69, 9.17) is 0 Å². The first-order chi connectivity index (χ1) is 6.88. The van der Waals surface area contributed by atoms with Crippen molar-refractivity contribution in [1.82, 2.24) is 9.78 Å². The topological polar surface area (TPSA) is 27.1 Å². The Labute approximate surface area is 85.8 Å². The van der Waals surface area contributed by atoms with Crippen LogP contribution in [0, 0.1) is 0 Å². The molecule has 1 aromatic heterocycles. The summed E-state index contributed by atoms with van der Waals surface area (Å²) in [6, 6.07) is 0. The number of halogens is 3. The molecule has 86 valence electrons. The molecule has 0 atom stereocenters. The first-order valence-electron chi connectivity index (χ1n) is 4.61. The lowest BCUT2D eigenvalue weighted by Crippen LogP contribution is -2.17. The molecule has 0 N–H and O–H groups in total. The lowest BCUT2D eigenvalue weighted by Gasteiger charge is -2.06. The van der Waals surface area contributed by atoms with E-state index in [0.717, 1.165) is 5.56 Å². The Hall–Kier alpha value is -1.04. The molecule has 0 saturated heterocycles. The van der Waals surface area contributed by atoms with E-state index < -0.39 is 13.0 Å². The van der Waals surface area contributed by atoms with E-state index in [-0.39, 0.29) is 6.54 Å². The monoisotopic (exact) mass is 222 g/mol. The van der Waals surface area contributed by atoms with Crippen molar-refractivity contribution < 1.29 is 17.9 Å². The molecule has 0 radical (unpaired) electrons. The van der Waals surface area contributed by atoms with Gasteiger partial charge in [0.1, 0.15) is 0 Å². The van der Waals surface area contributed by atoms with Crippen LogP contribution < -0.4 is 0 Å². The molecule has 0 saturated carbocycles. The van der Waals surface area contributed by atoms with Crippen LogP contribution in [0.3, 0.4) is 0 Å². The third-order valence-electron chi connectivity index (χ3n) is 1.91. The number of aromatic nitrogens is 2. The van der Waals surface area contributed by atoms with Crippen LogP contribution in [0.25, 0.3) is 0 Å². The molecule has 0 unspecified atom stereocenters. The van der Waals surface area contributed by atoms with E-state index >= 15 is 0 Å². The molecule has 0 bridgehead atoms. The highest BCUT2D eigenvalue weighted by Crippen LogP contribution is 2.16. The van der Waals surface area contributed by atoms with Gasteiger partial charge < -0.3 is 0 Å². The Balaban J connectivity index is 2.38. The molecule has 0 aromatic carbocycles. The summed E-state index contributed by atoms with van der Waals surface area (Å²) in [5, 5.41) is 3.93. The van der Waals surface area contributed by atoms with Gasteiger partial charge in [-0.2, -0.15) is 5.10 Å². The minimum absolute atomic E-state index is 0.103. The van der Waals surface area contributed by atoms with Gasteiger partial charge in [0.25, 0.3) is 0 Å². The van der Waals surface area contributed by atoms with Gasteiger partial charge in [0.15, 0.2) is 0 Å². The van der Waals surface area contributed by atoms with Gasteiger partial charge in [-0.3, -0.25) is 9.42 Å². The lowest BCUT2D eigenvalue weighted by atomic mass is 10.1. The molecule has 15 heavy (non-hydrogen) atoms. The maximum atomic E-state index is 11.6. The van der Waals surface area contributed by atoms with E-state index in [1.54, 1.807) is 12.4 Å². The van der Waals surface area contributed by atoms with Crippen LogP contribution in [0.5, 0.6) is 0 Å². The van der Waals surface area contributed by atoms with Gasteiger partial charge in [-0.05, 0) is 11.5 Å². The zero-order chi connectivity index (χ0) is 11.5. The first-order valence-corrected chi connectivity index (χ1v) is 4.61. The molecular formula is C9H13F3N2O. The van der Waals surface area contributed by atoms with Crippen molar-refractivity contribution in [1.29, 1.82) is 0 Å². The van der Waals surface area contributed by atoms with Gasteiger partial charge in [0, 0.05) is 6.20 Å². The van der Waals surface area contributed by atoms with Crippen molar-refractivity contribution in [2.24, 2.45) is 0 Å². The maximum absolute atomic E-state index is 11.6. The van der Waals surface area contributed by atoms with E-state index in [2.05, 4.69) is 9.84 Å². The van der Waals surface area contributed by atoms with Crippen LogP contribution in [-0.2, 0) is 11.3 Å². The summed E-state index contributed by atoms with van der Waals surface area (Å²) in [6.07, 6.45) is -1.18. The van der Waals surface area contributed by atoms with E-state index in [9.17, 15) is 13.2 Å². The number of nitrogens with zero attached hydrogens (tertiary/aromatic N) is 2. The predicted molar refractivity (Wildman–Crippen MR) is 48.3 cm³/mol. The van der Waals surface area contributed by atoms with Crippen LogP contribution in [0.15, 0.2) is 12.4 Å². The van der Waals surface area contributed by atoms with Crippen LogP contribution in [0.1, 0.15) is 25.3 Å². The molecule has 3 nitrogen and oxygen atoms in total. The third-order valence-corrected chi connectivity index (χ3v) is 1.91. The van der Waals surface area contributed by atoms with Gasteiger partial charge in [0.05, 0.1) is 19.3 Å². The van der Waals surface area contributed by atoms with E-state index in [0.29, 0.717) is 5.92 Å². The SMILES string of the molecule is CC(C)c1cnn(CCOC(F)(F)F)c1. The van der Waals surface area contributed by atoms with Crippen molar-refractivity contribution in [2.45, 2.75) is 32.7 Å². The van der Waals surface area contributed by atoms with Crippen LogP contribution in [0.2, 0.25) is 0 Å². The van der Waals surface area contributed by atoms with E-state index in [1.165, 1.54) is 4.68 Å². The van der Waals surface area contributed by atoms with Crippen molar-refractivity contribution >= 4 is 0 Å². The van der Waals surface area contributed by atoms with Gasteiger partial charge in [-0.25, -0.2) is 0 Å². The molecule has 0 amide bonds. The number of alkyl halides is 3. The molecule has 1 rings (SSSR count). The van der Waals surface area contributed by atoms with E-state index in [1.807, 2.05) is 13.8 Å². The van der Waals surface area contributed by atoms with Gasteiger partial charge in [-0.1, -0.05) is 13.8 Å². The standard InChI is InChI=1S/C9H13F3N2O/c1-7(2)8-5-13-14(6-8)3-4-15-9(10,11)12/h5-7H,3-4H2,1-2H3. The van der Waals surface area contributed by atoms with Gasteiger partial charge in [0.2, 0.25) is 0 Å². The number of rotatable bonds is 4. The quantitative estimate of drug-likeness (QED) is 0.782. The number of hydrogen-bond donors (Lipinski definition) is 0. The first kappa shape index (κ1) is 12.0. The van der Waals surface area contributed by atoms with Crippen molar-refractivity contribution in [3.05, 3.63) is 18.0 Å². The normalized spacial score (nSPS) is 12.4. The largest absolute Gasteiger partial charge is 0.522 e. The minimum atomic E-state index is -4.56. The second-order valence-corrected chi connectivity index (χ2v) is 3.49. The highest BCUT2D eigenvalue weighted by Gasteiger charge is 2.28. The van der Waals surface area contributed by atoms with Gasteiger partial charge in [-0.15, -0.1) is 13.2 Å². The molecule has 0 aliphatic carbocycles. The average Bonchev–Trinajstić information content (AvgIpc) is 2.50. The highest BCUT2D eigenvalue weighted by atomic mass is 19.4. The fourth-order valence-corrected chi connectivity index (χ4v) is 1.05. The van der Waals surface area contributed by atoms with Crippen LogP contribution in [0.4, 0.5) is 13.2 Å². The average molecular weight is 222 g/mol. The zero-order valence-electron chi connectivity index (χ0n) is 8.58. The molecular weight excluding hydrogens is 209 g/mol. The Morgan fingerprint density at radius 2 is 2.13 bits per heavy atom. The summed E-state index contributed by atoms with van der Waals surface area (Å²) >= 11 is 0. The molecule has 6 heteroatoms. The predicted octanol–water partition coefficient (Wildman–Crippen LogP) is 2.54. The van der Waals surface area contributed by atoms with Crippen LogP contribution >= 0.6 is 0 Å². The molecule has 0 aliphatic rings. The number of hydrogen-bond acceptors (Lipinski definition) is 2. The number of ether oxygens (including phenoxy) is 1. The van der Waals surface area contributed by atoms with Crippen molar-refractivity contribution in [3.8, 4) is 0 Å². The molecule has 0 aliphatic heterocycles. The third kappa shape index (κ3) is 4.33. The molecule has 0 spiro atoms. The lowest BCUT2D eigenvalue weighted by molar-refractivity contribution is -0.325. The van der Waals surface area contributed by atoms with Crippen molar-refractivity contribution in [3.63, 3.8) is 0 Å². The van der Waals surface area contributed by atoms with Crippen molar-refractivity contribution in [2.75, 3.05) is 6.61 Å². The fraction of sp³-hybridized carbons (Fsp3) is 0.667. The Morgan fingerprint density at radius 3 is 2.60 bits per heavy atom. The Bertz CT molecular complexity index is 307. The minimum Gasteiger partial charge on any atom is -0.290 e. The summed E-state index contributed by atoms with van der Waals surface area (Å²) < 4.78 is 40.0. The molecule has 1 heterocycles.